The van der Waals surface area contributed by atoms with E-state index in [0.717, 1.165) is 50.2 Å². The Bertz CT molecular complexity index is 437. The number of hydrogen-bond acceptors (Lipinski definition) is 4. The van der Waals surface area contributed by atoms with E-state index in [4.69, 9.17) is 4.74 Å². The largest absolute Gasteiger partial charge is 0.490 e. The van der Waals surface area contributed by atoms with Crippen molar-refractivity contribution in [2.45, 2.75) is 31.8 Å². The van der Waals surface area contributed by atoms with Gasteiger partial charge in [0, 0.05) is 12.0 Å². The summed E-state index contributed by atoms with van der Waals surface area (Å²) in [6, 6.07) is 7.60. The third-order valence-electron chi connectivity index (χ3n) is 3.77. The van der Waals surface area contributed by atoms with Gasteiger partial charge in [0.05, 0.1) is 0 Å². The molecule has 1 aliphatic rings. The fourth-order valence-electron chi connectivity index (χ4n) is 2.53. The second kappa shape index (κ2) is 8.15. The minimum absolute atomic E-state index is 0.213. The van der Waals surface area contributed by atoms with Crippen LogP contribution in [0.5, 0.6) is 5.75 Å². The van der Waals surface area contributed by atoms with E-state index in [-0.39, 0.29) is 5.78 Å². The number of carbonyl (C=O) groups is 1. The SMILES string of the molecule is CN(C)CCCC(=O)c1ccc(OC2CCNCC2)cc1. The lowest BCUT2D eigenvalue weighted by molar-refractivity contribution is 0.0977. The first-order valence-electron chi connectivity index (χ1n) is 7.80. The summed E-state index contributed by atoms with van der Waals surface area (Å²) >= 11 is 0. The Morgan fingerprint density at radius 3 is 2.52 bits per heavy atom. The average molecular weight is 290 g/mol. The number of ether oxygens (including phenoxy) is 1. The topological polar surface area (TPSA) is 41.6 Å². The third-order valence-corrected chi connectivity index (χ3v) is 3.77. The summed E-state index contributed by atoms with van der Waals surface area (Å²) in [6.07, 6.45) is 3.90. The molecule has 4 nitrogen and oxygen atoms in total. The van der Waals surface area contributed by atoms with E-state index in [2.05, 4.69) is 10.2 Å². The molecular weight excluding hydrogens is 264 g/mol. The van der Waals surface area contributed by atoms with Gasteiger partial charge in [-0.2, -0.15) is 0 Å². The summed E-state index contributed by atoms with van der Waals surface area (Å²) in [7, 11) is 4.05. The lowest BCUT2D eigenvalue weighted by Crippen LogP contribution is -2.34. The number of rotatable bonds is 7. The summed E-state index contributed by atoms with van der Waals surface area (Å²) < 4.78 is 5.94. The van der Waals surface area contributed by atoms with Gasteiger partial charge in [0.2, 0.25) is 0 Å². The van der Waals surface area contributed by atoms with E-state index >= 15 is 0 Å². The van der Waals surface area contributed by atoms with Crippen molar-refractivity contribution in [2.75, 3.05) is 33.7 Å². The first-order chi connectivity index (χ1) is 10.1. The quantitative estimate of drug-likeness (QED) is 0.783. The molecule has 0 spiro atoms. The number of piperidine rings is 1. The molecule has 0 aliphatic carbocycles. The highest BCUT2D eigenvalue weighted by atomic mass is 16.5. The van der Waals surface area contributed by atoms with Crippen LogP contribution in [0.2, 0.25) is 0 Å². The van der Waals surface area contributed by atoms with Crippen LogP contribution in [-0.4, -0.2) is 50.5 Å². The Kier molecular flexibility index (Phi) is 6.21. The summed E-state index contributed by atoms with van der Waals surface area (Å²) in [5.41, 5.74) is 0.784. The molecule has 1 aliphatic heterocycles. The second-order valence-corrected chi connectivity index (χ2v) is 5.92. The fraction of sp³-hybridized carbons (Fsp3) is 0.588. The number of ketones is 1. The highest BCUT2D eigenvalue weighted by Crippen LogP contribution is 2.18. The Labute approximate surface area is 127 Å². The number of nitrogens with zero attached hydrogens (tertiary/aromatic N) is 1. The van der Waals surface area contributed by atoms with Crippen molar-refractivity contribution in [1.82, 2.24) is 10.2 Å². The lowest BCUT2D eigenvalue weighted by Gasteiger charge is -2.23. The monoisotopic (exact) mass is 290 g/mol. The maximum Gasteiger partial charge on any atom is 0.162 e. The fourth-order valence-corrected chi connectivity index (χ4v) is 2.53. The van der Waals surface area contributed by atoms with Crippen LogP contribution < -0.4 is 10.1 Å². The standard InChI is InChI=1S/C17H26N2O2/c1-19(2)13-3-4-17(20)14-5-7-15(8-6-14)21-16-9-11-18-12-10-16/h5-8,16,18H,3-4,9-13H2,1-2H3. The summed E-state index contributed by atoms with van der Waals surface area (Å²) in [4.78, 5) is 14.2. The van der Waals surface area contributed by atoms with Crippen LogP contribution in [0.25, 0.3) is 0 Å². The molecule has 2 rings (SSSR count). The maximum atomic E-state index is 12.1. The van der Waals surface area contributed by atoms with Crippen molar-refractivity contribution in [1.29, 1.82) is 0 Å². The van der Waals surface area contributed by atoms with Crippen molar-refractivity contribution in [3.8, 4) is 5.75 Å². The van der Waals surface area contributed by atoms with Gasteiger partial charge in [-0.1, -0.05) is 0 Å². The minimum atomic E-state index is 0.213. The van der Waals surface area contributed by atoms with Crippen LogP contribution in [0.3, 0.4) is 0 Å². The number of benzene rings is 1. The van der Waals surface area contributed by atoms with Crippen LogP contribution in [0.4, 0.5) is 0 Å². The number of carbonyl (C=O) groups excluding carboxylic acids is 1. The molecule has 0 bridgehead atoms. The molecule has 0 saturated carbocycles. The number of Topliss-reactive ketones (excluding diaryl/α,β-unsaturated/α-hetero) is 1. The molecule has 0 amide bonds. The van der Waals surface area contributed by atoms with E-state index in [1.54, 1.807) is 0 Å². The molecule has 21 heavy (non-hydrogen) atoms. The molecule has 1 aromatic carbocycles. The van der Waals surface area contributed by atoms with Gasteiger partial charge in [0.25, 0.3) is 0 Å². The molecule has 1 fully saturated rings. The molecule has 4 heteroatoms. The highest BCUT2D eigenvalue weighted by Gasteiger charge is 2.14. The van der Waals surface area contributed by atoms with Crippen LogP contribution in [-0.2, 0) is 0 Å². The average Bonchev–Trinajstić information content (AvgIpc) is 2.48. The van der Waals surface area contributed by atoms with Crippen LogP contribution in [0, 0.1) is 0 Å². The smallest absolute Gasteiger partial charge is 0.162 e. The van der Waals surface area contributed by atoms with E-state index in [0.29, 0.717) is 12.5 Å². The van der Waals surface area contributed by atoms with Gasteiger partial charge in [0.15, 0.2) is 5.78 Å². The first-order valence-corrected chi connectivity index (χ1v) is 7.80. The predicted molar refractivity (Wildman–Crippen MR) is 85.1 cm³/mol. The maximum absolute atomic E-state index is 12.1. The van der Waals surface area contributed by atoms with Crippen LogP contribution >= 0.6 is 0 Å². The molecule has 1 N–H and O–H groups in total. The number of nitrogens with one attached hydrogen (secondary N) is 1. The molecule has 0 radical (unpaired) electrons. The summed E-state index contributed by atoms with van der Waals surface area (Å²) in [6.45, 7) is 2.99. The lowest BCUT2D eigenvalue weighted by atomic mass is 10.1. The van der Waals surface area contributed by atoms with Crippen LogP contribution in [0.15, 0.2) is 24.3 Å². The molecule has 0 unspecified atom stereocenters. The number of hydrogen-bond donors (Lipinski definition) is 1. The van der Waals surface area contributed by atoms with Crippen molar-refractivity contribution >= 4 is 5.78 Å². The van der Waals surface area contributed by atoms with Gasteiger partial charge < -0.3 is 15.0 Å². The van der Waals surface area contributed by atoms with Gasteiger partial charge >= 0.3 is 0 Å². The summed E-state index contributed by atoms with van der Waals surface area (Å²) in [5.74, 6) is 1.08. The molecule has 1 aromatic rings. The van der Waals surface area contributed by atoms with Crippen molar-refractivity contribution in [3.63, 3.8) is 0 Å². The highest BCUT2D eigenvalue weighted by molar-refractivity contribution is 5.96. The van der Waals surface area contributed by atoms with E-state index in [1.165, 1.54) is 0 Å². The Balaban J connectivity index is 1.81. The molecule has 1 saturated heterocycles. The summed E-state index contributed by atoms with van der Waals surface area (Å²) in [5, 5.41) is 3.32. The second-order valence-electron chi connectivity index (χ2n) is 5.92. The van der Waals surface area contributed by atoms with Gasteiger partial charge in [-0.3, -0.25) is 4.79 Å². The van der Waals surface area contributed by atoms with E-state index in [1.807, 2.05) is 38.4 Å². The van der Waals surface area contributed by atoms with Crippen molar-refractivity contribution in [3.05, 3.63) is 29.8 Å². The zero-order valence-corrected chi connectivity index (χ0v) is 13.1. The molecular formula is C17H26N2O2. The minimum Gasteiger partial charge on any atom is -0.490 e. The molecule has 0 aromatic heterocycles. The van der Waals surface area contributed by atoms with Crippen molar-refractivity contribution < 1.29 is 9.53 Å². The third kappa shape index (κ3) is 5.48. The Morgan fingerprint density at radius 1 is 1.24 bits per heavy atom. The zero-order chi connectivity index (χ0) is 15.1. The Hall–Kier alpha value is -1.39. The Morgan fingerprint density at radius 2 is 1.90 bits per heavy atom. The van der Waals surface area contributed by atoms with Gasteiger partial charge in [0.1, 0.15) is 11.9 Å². The molecule has 0 atom stereocenters. The van der Waals surface area contributed by atoms with Gasteiger partial charge in [-0.15, -0.1) is 0 Å². The van der Waals surface area contributed by atoms with E-state index in [9.17, 15) is 4.79 Å². The van der Waals surface area contributed by atoms with Crippen LogP contribution in [0.1, 0.15) is 36.0 Å². The van der Waals surface area contributed by atoms with Gasteiger partial charge in [-0.05, 0) is 77.3 Å². The van der Waals surface area contributed by atoms with E-state index < -0.39 is 0 Å². The van der Waals surface area contributed by atoms with Crippen molar-refractivity contribution in [2.24, 2.45) is 0 Å². The predicted octanol–water partition coefficient (Wildman–Crippen LogP) is 2.34. The molecule has 116 valence electrons. The van der Waals surface area contributed by atoms with Gasteiger partial charge in [-0.25, -0.2) is 0 Å². The first kappa shape index (κ1) is 16.0. The molecule has 1 heterocycles. The zero-order valence-electron chi connectivity index (χ0n) is 13.1. The normalized spacial score (nSPS) is 16.1.